The Kier molecular flexibility index (Phi) is 8.37. The molecule has 2 aromatic carbocycles. The van der Waals surface area contributed by atoms with Crippen molar-refractivity contribution in [3.05, 3.63) is 69.4 Å². The van der Waals surface area contributed by atoms with Crippen molar-refractivity contribution in [1.29, 1.82) is 0 Å². The van der Waals surface area contributed by atoms with Gasteiger partial charge in [0, 0.05) is 10.5 Å². The summed E-state index contributed by atoms with van der Waals surface area (Å²) in [6.07, 6.45) is 2.72. The van der Waals surface area contributed by atoms with Gasteiger partial charge in [0.2, 0.25) is 5.91 Å². The summed E-state index contributed by atoms with van der Waals surface area (Å²) in [7, 11) is 0. The number of hydrogen-bond donors (Lipinski definition) is 3. The summed E-state index contributed by atoms with van der Waals surface area (Å²) in [5.41, 5.74) is 5.30. The molecule has 146 valence electrons. The van der Waals surface area contributed by atoms with Gasteiger partial charge in [-0.1, -0.05) is 39.7 Å². The van der Waals surface area contributed by atoms with Crippen molar-refractivity contribution in [2.24, 2.45) is 0 Å². The normalized spacial score (nSPS) is 10.4. The zero-order valence-corrected chi connectivity index (χ0v) is 17.3. The summed E-state index contributed by atoms with van der Waals surface area (Å²) in [6, 6.07) is 10.6. The van der Waals surface area contributed by atoms with Crippen LogP contribution < -0.4 is 20.9 Å². The van der Waals surface area contributed by atoms with Crippen molar-refractivity contribution in [2.75, 3.05) is 6.61 Å². The van der Waals surface area contributed by atoms with Crippen LogP contribution in [0.1, 0.15) is 5.56 Å². The molecule has 0 aliphatic rings. The van der Waals surface area contributed by atoms with E-state index in [9.17, 15) is 14.0 Å². The van der Waals surface area contributed by atoms with E-state index < -0.39 is 11.8 Å². The Bertz CT molecular complexity index is 909. The van der Waals surface area contributed by atoms with E-state index in [-0.39, 0.29) is 17.5 Å². The maximum Gasteiger partial charge on any atom is 0.276 e. The molecule has 28 heavy (non-hydrogen) atoms. The molecule has 2 amide bonds. The number of thiocarbonyl (C=S) groups is 1. The number of hydrazine groups is 1. The molecule has 2 rings (SSSR count). The Morgan fingerprint density at radius 2 is 1.89 bits per heavy atom. The number of rotatable bonds is 5. The largest absolute Gasteiger partial charge is 0.482 e. The van der Waals surface area contributed by atoms with Gasteiger partial charge in [-0.05, 0) is 54.2 Å². The third kappa shape index (κ3) is 7.63. The Balaban J connectivity index is 1.71. The lowest BCUT2D eigenvalue weighted by Crippen LogP contribution is -2.49. The number of halogens is 3. The molecule has 10 heteroatoms. The van der Waals surface area contributed by atoms with Crippen molar-refractivity contribution >= 4 is 62.8 Å². The summed E-state index contributed by atoms with van der Waals surface area (Å²) in [5, 5.41) is 2.59. The lowest BCUT2D eigenvalue weighted by molar-refractivity contribution is -0.123. The molecule has 0 saturated carbocycles. The van der Waals surface area contributed by atoms with Crippen molar-refractivity contribution in [1.82, 2.24) is 16.2 Å². The zero-order valence-electron chi connectivity index (χ0n) is 14.2. The van der Waals surface area contributed by atoms with E-state index in [1.165, 1.54) is 36.4 Å². The Morgan fingerprint density at radius 3 is 2.57 bits per heavy atom. The van der Waals surface area contributed by atoms with E-state index in [1.54, 1.807) is 18.2 Å². The van der Waals surface area contributed by atoms with E-state index in [2.05, 4.69) is 32.1 Å². The van der Waals surface area contributed by atoms with Gasteiger partial charge in [0.15, 0.2) is 11.7 Å². The summed E-state index contributed by atoms with van der Waals surface area (Å²) < 4.78 is 18.9. The fraction of sp³-hybridized carbons (Fsp3) is 0.0556. The molecule has 0 heterocycles. The van der Waals surface area contributed by atoms with Crippen LogP contribution in [0.25, 0.3) is 6.08 Å². The van der Waals surface area contributed by atoms with Gasteiger partial charge in [0.1, 0.15) is 11.6 Å². The monoisotopic (exact) mass is 485 g/mol. The van der Waals surface area contributed by atoms with Gasteiger partial charge in [-0.25, -0.2) is 4.39 Å². The third-order valence-corrected chi connectivity index (χ3v) is 4.09. The number of hydrogen-bond acceptors (Lipinski definition) is 4. The lowest BCUT2D eigenvalue weighted by atomic mass is 10.2. The summed E-state index contributed by atoms with van der Waals surface area (Å²) >= 11 is 14.2. The molecule has 0 fully saturated rings. The molecule has 0 saturated heterocycles. The maximum absolute atomic E-state index is 12.8. The summed E-state index contributed by atoms with van der Waals surface area (Å²) in [6.45, 7) is -0.310. The van der Waals surface area contributed by atoms with E-state index in [4.69, 9.17) is 28.6 Å². The first-order chi connectivity index (χ1) is 13.3. The zero-order chi connectivity index (χ0) is 20.5. The average molecular weight is 487 g/mol. The first-order valence-electron chi connectivity index (χ1n) is 7.75. The van der Waals surface area contributed by atoms with Crippen LogP contribution in [-0.2, 0) is 9.59 Å². The quantitative estimate of drug-likeness (QED) is 0.343. The van der Waals surface area contributed by atoms with Gasteiger partial charge in [-0.2, -0.15) is 0 Å². The molecule has 3 N–H and O–H groups in total. The predicted molar refractivity (Wildman–Crippen MR) is 112 cm³/mol. The minimum absolute atomic E-state index is 0.108. The highest BCUT2D eigenvalue weighted by molar-refractivity contribution is 9.10. The van der Waals surface area contributed by atoms with Gasteiger partial charge < -0.3 is 4.74 Å². The average Bonchev–Trinajstić information content (AvgIpc) is 2.65. The maximum atomic E-state index is 12.8. The minimum atomic E-state index is -0.530. The van der Waals surface area contributed by atoms with E-state index >= 15 is 0 Å². The van der Waals surface area contributed by atoms with Gasteiger partial charge in [-0.15, -0.1) is 0 Å². The second-order valence-electron chi connectivity index (χ2n) is 5.24. The smallest absolute Gasteiger partial charge is 0.276 e. The van der Waals surface area contributed by atoms with Crippen LogP contribution in [0.2, 0.25) is 5.02 Å². The Morgan fingerprint density at radius 1 is 1.18 bits per heavy atom. The number of carbonyl (C=O) groups excluding carboxylic acids is 2. The molecule has 0 atom stereocenters. The van der Waals surface area contributed by atoms with Gasteiger partial charge in [0.05, 0.1) is 5.02 Å². The molecule has 0 radical (unpaired) electrons. The molecule has 6 nitrogen and oxygen atoms in total. The van der Waals surface area contributed by atoms with Crippen molar-refractivity contribution in [2.45, 2.75) is 0 Å². The van der Waals surface area contributed by atoms with E-state index in [0.717, 1.165) is 4.47 Å². The van der Waals surface area contributed by atoms with E-state index in [1.807, 2.05) is 0 Å². The first kappa shape index (κ1) is 21.8. The molecular formula is C18H14BrClFN3O3S. The molecule has 0 aliphatic heterocycles. The topological polar surface area (TPSA) is 79.5 Å². The van der Waals surface area contributed by atoms with Crippen LogP contribution in [-0.4, -0.2) is 23.5 Å². The van der Waals surface area contributed by atoms with Crippen LogP contribution in [0, 0.1) is 5.82 Å². The number of amides is 2. The van der Waals surface area contributed by atoms with Crippen LogP contribution >= 0.6 is 39.7 Å². The molecule has 0 spiro atoms. The van der Waals surface area contributed by atoms with Gasteiger partial charge in [0.25, 0.3) is 5.91 Å². The molecule has 2 aromatic rings. The first-order valence-corrected chi connectivity index (χ1v) is 9.32. The fourth-order valence-electron chi connectivity index (χ4n) is 1.83. The highest BCUT2D eigenvalue weighted by Gasteiger charge is 2.07. The summed E-state index contributed by atoms with van der Waals surface area (Å²) in [4.78, 5) is 23.5. The number of benzene rings is 2. The van der Waals surface area contributed by atoms with Crippen LogP contribution in [0.3, 0.4) is 0 Å². The van der Waals surface area contributed by atoms with Gasteiger partial charge in [-0.3, -0.25) is 25.8 Å². The molecular weight excluding hydrogens is 473 g/mol. The molecule has 0 unspecified atom stereocenters. The summed E-state index contributed by atoms with van der Waals surface area (Å²) in [5.74, 6) is -1.07. The standard InChI is InChI=1S/C18H14BrClFN3O3S/c19-12-4-7-15(14(20)9-12)27-10-17(26)23-24-18(28)22-16(25)8-3-11-1-5-13(21)6-2-11/h1-9H,10H2,(H,23,26)(H2,22,24,25,28)/b8-3+. The van der Waals surface area contributed by atoms with E-state index in [0.29, 0.717) is 16.3 Å². The predicted octanol–water partition coefficient (Wildman–Crippen LogP) is 3.36. The van der Waals surface area contributed by atoms with Crippen LogP contribution in [0.15, 0.2) is 53.0 Å². The Labute approximate surface area is 179 Å². The highest BCUT2D eigenvalue weighted by Crippen LogP contribution is 2.27. The number of nitrogens with one attached hydrogen (secondary N) is 3. The number of carbonyl (C=O) groups is 2. The van der Waals surface area contributed by atoms with Crippen LogP contribution in [0.4, 0.5) is 4.39 Å². The molecule has 0 bridgehead atoms. The molecule has 0 aromatic heterocycles. The highest BCUT2D eigenvalue weighted by atomic mass is 79.9. The van der Waals surface area contributed by atoms with Crippen molar-refractivity contribution < 1.29 is 18.7 Å². The fourth-order valence-corrected chi connectivity index (χ4v) is 2.71. The Hall–Kier alpha value is -2.49. The SMILES string of the molecule is O=C(/C=C/c1ccc(F)cc1)NC(=S)NNC(=O)COc1ccc(Br)cc1Cl. The second-order valence-corrected chi connectivity index (χ2v) is 6.97. The minimum Gasteiger partial charge on any atom is -0.482 e. The lowest BCUT2D eigenvalue weighted by Gasteiger charge is -2.11. The van der Waals surface area contributed by atoms with Crippen LogP contribution in [0.5, 0.6) is 5.75 Å². The second kappa shape index (κ2) is 10.7. The van der Waals surface area contributed by atoms with Crippen molar-refractivity contribution in [3.8, 4) is 5.75 Å². The van der Waals surface area contributed by atoms with Gasteiger partial charge >= 0.3 is 0 Å². The molecule has 0 aliphatic carbocycles. The third-order valence-electron chi connectivity index (χ3n) is 3.10. The van der Waals surface area contributed by atoms with Crippen molar-refractivity contribution in [3.63, 3.8) is 0 Å². The number of ether oxygens (including phenoxy) is 1.